The number of nitrogens with zero attached hydrogens (tertiary/aromatic N) is 4. The number of piperazine rings is 1. The van der Waals surface area contributed by atoms with Gasteiger partial charge in [-0.15, -0.1) is 0 Å². The van der Waals surface area contributed by atoms with Gasteiger partial charge in [-0.1, -0.05) is 23.4 Å². The highest BCUT2D eigenvalue weighted by Crippen LogP contribution is 2.29. The van der Waals surface area contributed by atoms with Crippen LogP contribution in [0.4, 0.5) is 0 Å². The Hall–Kier alpha value is -2.25. The van der Waals surface area contributed by atoms with Crippen LogP contribution in [0, 0.1) is 0 Å². The summed E-state index contributed by atoms with van der Waals surface area (Å²) in [4.78, 5) is 21.4. The summed E-state index contributed by atoms with van der Waals surface area (Å²) < 4.78 is 5.57. The van der Waals surface area contributed by atoms with Gasteiger partial charge in [0.2, 0.25) is 5.89 Å². The van der Waals surface area contributed by atoms with Crippen molar-refractivity contribution < 1.29 is 9.32 Å². The molecule has 2 aliphatic rings. The molecule has 3 heterocycles. The summed E-state index contributed by atoms with van der Waals surface area (Å²) in [7, 11) is 2.09. The zero-order valence-corrected chi connectivity index (χ0v) is 15.1. The molecule has 0 spiro atoms. The smallest absolute Gasteiger partial charge is 0.253 e. The summed E-state index contributed by atoms with van der Waals surface area (Å²) in [5.41, 5.74) is 0.749. The van der Waals surface area contributed by atoms with Gasteiger partial charge in [0, 0.05) is 44.2 Å². The maximum absolute atomic E-state index is 12.6. The van der Waals surface area contributed by atoms with Crippen molar-refractivity contribution in [3.05, 3.63) is 47.6 Å². The number of benzene rings is 1. The molecule has 1 aromatic heterocycles. The van der Waals surface area contributed by atoms with Gasteiger partial charge in [0.25, 0.3) is 5.91 Å². The zero-order chi connectivity index (χ0) is 17.9. The van der Waals surface area contributed by atoms with Crippen LogP contribution in [-0.2, 0) is 0 Å². The molecule has 2 saturated heterocycles. The number of hydrogen-bond donors (Lipinski definition) is 1. The van der Waals surface area contributed by atoms with Crippen LogP contribution >= 0.6 is 0 Å². The predicted molar refractivity (Wildman–Crippen MR) is 96.9 cm³/mol. The third-order valence-electron chi connectivity index (χ3n) is 5.42. The van der Waals surface area contributed by atoms with Gasteiger partial charge in [-0.05, 0) is 32.0 Å². The number of carbonyl (C=O) groups is 1. The number of carbonyl (C=O) groups excluding carboxylic acids is 1. The van der Waals surface area contributed by atoms with E-state index < -0.39 is 0 Å². The molecular formula is C19H25N5O2. The molecular weight excluding hydrogens is 330 g/mol. The Morgan fingerprint density at radius 3 is 2.69 bits per heavy atom. The lowest BCUT2D eigenvalue weighted by molar-refractivity contribution is 0.0704. The summed E-state index contributed by atoms with van der Waals surface area (Å²) in [6.45, 7) is 4.27. The number of likely N-dealkylation sites (tertiary alicyclic amines) is 1. The van der Waals surface area contributed by atoms with Crippen LogP contribution in [0.15, 0.2) is 34.9 Å². The molecule has 7 heteroatoms. The second kappa shape index (κ2) is 7.55. The molecule has 4 rings (SSSR count). The number of likely N-dealkylation sites (N-methyl/N-ethyl adjacent to an activating group) is 1. The number of piperidine rings is 1. The minimum Gasteiger partial charge on any atom is -0.339 e. The van der Waals surface area contributed by atoms with Crippen LogP contribution < -0.4 is 5.32 Å². The molecule has 1 N–H and O–H groups in total. The van der Waals surface area contributed by atoms with E-state index in [1.165, 1.54) is 0 Å². The van der Waals surface area contributed by atoms with Gasteiger partial charge in [-0.25, -0.2) is 0 Å². The molecule has 1 atom stereocenters. The van der Waals surface area contributed by atoms with Crippen molar-refractivity contribution in [1.29, 1.82) is 0 Å². The average Bonchev–Trinajstić information content (AvgIpc) is 3.18. The Labute approximate surface area is 153 Å². The first kappa shape index (κ1) is 17.2. The van der Waals surface area contributed by atoms with Crippen molar-refractivity contribution in [2.75, 3.05) is 39.8 Å². The Bertz CT molecular complexity index is 739. The molecule has 0 bridgehead atoms. The second-order valence-corrected chi connectivity index (χ2v) is 7.12. The molecule has 2 aromatic rings. The lowest BCUT2D eigenvalue weighted by atomic mass is 9.96. The fraction of sp³-hybridized carbons (Fsp3) is 0.526. The predicted octanol–water partition coefficient (Wildman–Crippen LogP) is 1.67. The van der Waals surface area contributed by atoms with Crippen LogP contribution in [0.2, 0.25) is 0 Å². The molecule has 2 fully saturated rings. The largest absolute Gasteiger partial charge is 0.339 e. The van der Waals surface area contributed by atoms with Gasteiger partial charge < -0.3 is 14.7 Å². The van der Waals surface area contributed by atoms with Crippen LogP contribution in [-0.4, -0.2) is 65.6 Å². The van der Waals surface area contributed by atoms with Crippen LogP contribution in [0.3, 0.4) is 0 Å². The fourth-order valence-corrected chi connectivity index (χ4v) is 3.74. The number of amides is 1. The van der Waals surface area contributed by atoms with Gasteiger partial charge in [0.05, 0.1) is 6.04 Å². The normalized spacial score (nSPS) is 22.5. The lowest BCUT2D eigenvalue weighted by Gasteiger charge is -2.31. The molecule has 1 aromatic carbocycles. The standard InChI is InChI=1S/C19H25N5O2/c1-23-12-9-20-13-16(23)17-21-18(26-22-17)14-7-10-24(11-8-14)19(25)15-5-3-2-4-6-15/h2-6,14,16,20H,7-13H2,1H3. The molecule has 26 heavy (non-hydrogen) atoms. The van der Waals surface area contributed by atoms with E-state index in [0.717, 1.165) is 57.0 Å². The number of hydrogen-bond acceptors (Lipinski definition) is 6. The van der Waals surface area contributed by atoms with E-state index in [-0.39, 0.29) is 17.9 Å². The molecule has 0 saturated carbocycles. The van der Waals surface area contributed by atoms with Gasteiger partial charge >= 0.3 is 0 Å². The van der Waals surface area contributed by atoms with Crippen LogP contribution in [0.1, 0.15) is 46.9 Å². The summed E-state index contributed by atoms with van der Waals surface area (Å²) in [6, 6.07) is 9.63. The minimum absolute atomic E-state index is 0.102. The Morgan fingerprint density at radius 2 is 1.96 bits per heavy atom. The third-order valence-corrected chi connectivity index (χ3v) is 5.42. The molecule has 0 radical (unpaired) electrons. The quantitative estimate of drug-likeness (QED) is 0.903. The minimum atomic E-state index is 0.102. The Kier molecular flexibility index (Phi) is 4.99. The van der Waals surface area contributed by atoms with Gasteiger partial charge in [-0.3, -0.25) is 9.69 Å². The topological polar surface area (TPSA) is 74.5 Å². The maximum Gasteiger partial charge on any atom is 0.253 e. The summed E-state index contributed by atoms with van der Waals surface area (Å²) >= 11 is 0. The Balaban J connectivity index is 1.37. The van der Waals surface area contributed by atoms with Crippen molar-refractivity contribution >= 4 is 5.91 Å². The van der Waals surface area contributed by atoms with Gasteiger partial charge in [-0.2, -0.15) is 4.98 Å². The molecule has 1 unspecified atom stereocenters. The van der Waals surface area contributed by atoms with E-state index in [1.807, 2.05) is 35.2 Å². The van der Waals surface area contributed by atoms with Crippen molar-refractivity contribution in [2.24, 2.45) is 0 Å². The third kappa shape index (κ3) is 3.50. The fourth-order valence-electron chi connectivity index (χ4n) is 3.74. The first-order chi connectivity index (χ1) is 12.7. The molecule has 0 aliphatic carbocycles. The van der Waals surface area contributed by atoms with E-state index in [0.29, 0.717) is 5.89 Å². The maximum atomic E-state index is 12.6. The highest BCUT2D eigenvalue weighted by atomic mass is 16.5. The van der Waals surface area contributed by atoms with E-state index >= 15 is 0 Å². The van der Waals surface area contributed by atoms with Crippen LogP contribution in [0.25, 0.3) is 0 Å². The van der Waals surface area contributed by atoms with Crippen molar-refractivity contribution in [3.63, 3.8) is 0 Å². The second-order valence-electron chi connectivity index (χ2n) is 7.12. The first-order valence-electron chi connectivity index (χ1n) is 9.31. The van der Waals surface area contributed by atoms with Gasteiger partial charge in [0.1, 0.15) is 0 Å². The number of aromatic nitrogens is 2. The first-order valence-corrected chi connectivity index (χ1v) is 9.31. The average molecular weight is 355 g/mol. The highest BCUT2D eigenvalue weighted by Gasteiger charge is 2.30. The van der Waals surface area contributed by atoms with Crippen molar-refractivity contribution in [2.45, 2.75) is 24.8 Å². The molecule has 2 aliphatic heterocycles. The lowest BCUT2D eigenvalue weighted by Crippen LogP contribution is -2.44. The number of rotatable bonds is 3. The molecule has 7 nitrogen and oxygen atoms in total. The van der Waals surface area contributed by atoms with Gasteiger partial charge in [0.15, 0.2) is 5.82 Å². The summed E-state index contributed by atoms with van der Waals surface area (Å²) in [5.74, 6) is 1.81. The van der Waals surface area contributed by atoms with Crippen LogP contribution in [0.5, 0.6) is 0 Å². The van der Waals surface area contributed by atoms with Crippen molar-refractivity contribution in [1.82, 2.24) is 25.3 Å². The van der Waals surface area contributed by atoms with E-state index in [2.05, 4.69) is 27.4 Å². The molecule has 1 amide bonds. The SMILES string of the molecule is CN1CCNCC1c1noc(C2CCN(C(=O)c3ccccc3)CC2)n1. The van der Waals surface area contributed by atoms with E-state index in [1.54, 1.807) is 0 Å². The number of nitrogens with one attached hydrogen (secondary N) is 1. The van der Waals surface area contributed by atoms with E-state index in [4.69, 9.17) is 4.52 Å². The zero-order valence-electron chi connectivity index (χ0n) is 15.1. The van der Waals surface area contributed by atoms with Crippen molar-refractivity contribution in [3.8, 4) is 0 Å². The Morgan fingerprint density at radius 1 is 1.19 bits per heavy atom. The van der Waals surface area contributed by atoms with E-state index in [9.17, 15) is 4.79 Å². The summed E-state index contributed by atoms with van der Waals surface area (Å²) in [5, 5.41) is 7.60. The summed E-state index contributed by atoms with van der Waals surface area (Å²) in [6.07, 6.45) is 1.72. The monoisotopic (exact) mass is 355 g/mol. The molecule has 138 valence electrons. The highest BCUT2D eigenvalue weighted by molar-refractivity contribution is 5.94.